The van der Waals surface area contributed by atoms with Gasteiger partial charge in [-0.05, 0) is 18.7 Å². The highest BCUT2D eigenvalue weighted by Crippen LogP contribution is 2.24. The van der Waals surface area contributed by atoms with Crippen LogP contribution in [0.3, 0.4) is 0 Å². The van der Waals surface area contributed by atoms with E-state index in [1.807, 2.05) is 47.5 Å². The molecule has 1 N–H and O–H groups in total. The molecule has 0 unspecified atom stereocenters. The third kappa shape index (κ3) is 4.96. The summed E-state index contributed by atoms with van der Waals surface area (Å²) in [7, 11) is 0. The van der Waals surface area contributed by atoms with Crippen molar-refractivity contribution in [3.63, 3.8) is 0 Å². The van der Waals surface area contributed by atoms with Crippen LogP contribution in [0.1, 0.15) is 12.6 Å². The van der Waals surface area contributed by atoms with Gasteiger partial charge in [-0.3, -0.25) is 9.69 Å². The monoisotopic (exact) mass is 387 g/mol. The van der Waals surface area contributed by atoms with E-state index in [0.717, 1.165) is 28.4 Å². The van der Waals surface area contributed by atoms with Gasteiger partial charge in [-0.15, -0.1) is 11.3 Å². The first-order chi connectivity index (χ1) is 13.1. The quantitative estimate of drug-likeness (QED) is 0.647. The minimum atomic E-state index is -0.793. The van der Waals surface area contributed by atoms with Crippen LogP contribution in [-0.4, -0.2) is 28.9 Å². The molecule has 0 aliphatic carbocycles. The third-order valence-corrected chi connectivity index (χ3v) is 4.94. The van der Waals surface area contributed by atoms with E-state index in [-0.39, 0.29) is 6.54 Å². The Hall–Kier alpha value is -2.64. The standard InChI is InChI=1S/C20H19F2N3OS/c1-2-25(12-18(26)24-19-16(21)9-6-10-17(19)22)11-15-13-27-20(23-15)14-7-4-3-5-8-14/h3-10,13H,2,11-12H2,1H3,(H,24,26). The molecule has 0 fully saturated rings. The number of benzene rings is 2. The molecule has 0 aliphatic heterocycles. The second-order valence-corrected chi connectivity index (χ2v) is 6.82. The van der Waals surface area contributed by atoms with Crippen molar-refractivity contribution in [3.8, 4) is 10.6 Å². The Balaban J connectivity index is 1.62. The van der Waals surface area contributed by atoms with Crippen LogP contribution < -0.4 is 5.32 Å². The largest absolute Gasteiger partial charge is 0.320 e. The summed E-state index contributed by atoms with van der Waals surface area (Å²) >= 11 is 1.54. The number of likely N-dealkylation sites (N-methyl/N-ethyl adjacent to an activating group) is 1. The van der Waals surface area contributed by atoms with Gasteiger partial charge < -0.3 is 5.32 Å². The lowest BCUT2D eigenvalue weighted by Crippen LogP contribution is -2.33. The van der Waals surface area contributed by atoms with E-state index in [4.69, 9.17) is 0 Å². The zero-order valence-corrected chi connectivity index (χ0v) is 15.6. The molecule has 2 aromatic carbocycles. The summed E-state index contributed by atoms with van der Waals surface area (Å²) in [5, 5.41) is 5.19. The highest BCUT2D eigenvalue weighted by molar-refractivity contribution is 7.13. The van der Waals surface area contributed by atoms with Crippen LogP contribution in [0.2, 0.25) is 0 Å². The average Bonchev–Trinajstić information content (AvgIpc) is 3.13. The number of hydrogen-bond acceptors (Lipinski definition) is 4. The lowest BCUT2D eigenvalue weighted by atomic mass is 10.2. The van der Waals surface area contributed by atoms with Crippen LogP contribution >= 0.6 is 11.3 Å². The van der Waals surface area contributed by atoms with Crippen molar-refractivity contribution in [2.24, 2.45) is 0 Å². The fourth-order valence-electron chi connectivity index (χ4n) is 2.60. The lowest BCUT2D eigenvalue weighted by Gasteiger charge is -2.19. The third-order valence-electron chi connectivity index (χ3n) is 4.00. The summed E-state index contributed by atoms with van der Waals surface area (Å²) in [5.41, 5.74) is 1.48. The van der Waals surface area contributed by atoms with Gasteiger partial charge in [0, 0.05) is 17.5 Å². The molecule has 7 heteroatoms. The maximum absolute atomic E-state index is 13.7. The molecular formula is C20H19F2N3OS. The maximum Gasteiger partial charge on any atom is 0.238 e. The topological polar surface area (TPSA) is 45.2 Å². The number of hydrogen-bond donors (Lipinski definition) is 1. The number of aromatic nitrogens is 1. The van der Waals surface area contributed by atoms with Crippen LogP contribution in [0, 0.1) is 11.6 Å². The van der Waals surface area contributed by atoms with Crippen molar-refractivity contribution in [1.82, 2.24) is 9.88 Å². The Bertz CT molecular complexity index is 894. The van der Waals surface area contributed by atoms with Crippen LogP contribution in [0.5, 0.6) is 0 Å². The molecule has 0 spiro atoms. The van der Waals surface area contributed by atoms with Gasteiger partial charge in [0.2, 0.25) is 5.91 Å². The van der Waals surface area contributed by atoms with Crippen molar-refractivity contribution in [2.45, 2.75) is 13.5 Å². The van der Waals surface area contributed by atoms with Gasteiger partial charge in [0.1, 0.15) is 22.3 Å². The van der Waals surface area contributed by atoms with Gasteiger partial charge in [0.05, 0.1) is 12.2 Å². The summed E-state index contributed by atoms with van der Waals surface area (Å²) < 4.78 is 27.3. The van der Waals surface area contributed by atoms with Gasteiger partial charge in [0.15, 0.2) is 0 Å². The highest BCUT2D eigenvalue weighted by Gasteiger charge is 2.16. The van der Waals surface area contributed by atoms with E-state index in [2.05, 4.69) is 10.3 Å². The summed E-state index contributed by atoms with van der Waals surface area (Å²) in [6.45, 7) is 3.02. The average molecular weight is 387 g/mol. The molecule has 1 heterocycles. The molecular weight excluding hydrogens is 368 g/mol. The predicted molar refractivity (Wildman–Crippen MR) is 103 cm³/mol. The number of halogens is 2. The fraction of sp³-hybridized carbons (Fsp3) is 0.200. The summed E-state index contributed by atoms with van der Waals surface area (Å²) in [6, 6.07) is 13.3. The molecule has 27 heavy (non-hydrogen) atoms. The van der Waals surface area contributed by atoms with E-state index in [9.17, 15) is 13.6 Å². The van der Waals surface area contributed by atoms with Gasteiger partial charge in [-0.25, -0.2) is 13.8 Å². The van der Waals surface area contributed by atoms with E-state index in [0.29, 0.717) is 13.1 Å². The van der Waals surface area contributed by atoms with Crippen LogP contribution in [-0.2, 0) is 11.3 Å². The van der Waals surface area contributed by atoms with Gasteiger partial charge in [-0.1, -0.05) is 43.3 Å². The van der Waals surface area contributed by atoms with E-state index < -0.39 is 23.2 Å². The van der Waals surface area contributed by atoms with Gasteiger partial charge in [0.25, 0.3) is 0 Å². The molecule has 1 aromatic heterocycles. The zero-order valence-electron chi connectivity index (χ0n) is 14.8. The number of amides is 1. The number of thiazole rings is 1. The molecule has 140 valence electrons. The first kappa shape index (κ1) is 19.1. The summed E-state index contributed by atoms with van der Waals surface area (Å²) in [6.07, 6.45) is 0. The molecule has 0 radical (unpaired) electrons. The Morgan fingerprint density at radius 1 is 1.11 bits per heavy atom. The molecule has 0 atom stereocenters. The van der Waals surface area contributed by atoms with Gasteiger partial charge in [-0.2, -0.15) is 0 Å². The van der Waals surface area contributed by atoms with Gasteiger partial charge >= 0.3 is 0 Å². The Kier molecular flexibility index (Phi) is 6.26. The molecule has 3 aromatic rings. The van der Waals surface area contributed by atoms with E-state index in [1.165, 1.54) is 6.07 Å². The van der Waals surface area contributed by atoms with Crippen LogP contribution in [0.4, 0.5) is 14.5 Å². The number of nitrogens with zero attached hydrogens (tertiary/aromatic N) is 2. The summed E-state index contributed by atoms with van der Waals surface area (Å²) in [5.74, 6) is -2.06. The predicted octanol–water partition coefficient (Wildman–Crippen LogP) is 4.55. The molecule has 0 saturated heterocycles. The van der Waals surface area contributed by atoms with Crippen LogP contribution in [0.25, 0.3) is 10.6 Å². The molecule has 0 saturated carbocycles. The Morgan fingerprint density at radius 2 is 1.81 bits per heavy atom. The minimum Gasteiger partial charge on any atom is -0.320 e. The maximum atomic E-state index is 13.7. The highest BCUT2D eigenvalue weighted by atomic mass is 32.1. The number of nitrogens with one attached hydrogen (secondary N) is 1. The Morgan fingerprint density at radius 3 is 2.48 bits per heavy atom. The molecule has 3 rings (SSSR count). The summed E-state index contributed by atoms with van der Waals surface area (Å²) in [4.78, 5) is 18.7. The number of carbonyl (C=O) groups excluding carboxylic acids is 1. The molecule has 0 bridgehead atoms. The number of para-hydroxylation sites is 1. The van der Waals surface area contributed by atoms with E-state index >= 15 is 0 Å². The van der Waals surface area contributed by atoms with Crippen molar-refractivity contribution in [1.29, 1.82) is 0 Å². The smallest absolute Gasteiger partial charge is 0.238 e. The minimum absolute atomic E-state index is 0.0163. The molecule has 1 amide bonds. The van der Waals surface area contributed by atoms with Crippen LogP contribution in [0.15, 0.2) is 53.9 Å². The fourth-order valence-corrected chi connectivity index (χ4v) is 3.42. The molecule has 4 nitrogen and oxygen atoms in total. The van der Waals surface area contributed by atoms with Crippen molar-refractivity contribution >= 4 is 22.9 Å². The van der Waals surface area contributed by atoms with E-state index in [1.54, 1.807) is 11.3 Å². The number of rotatable bonds is 7. The van der Waals surface area contributed by atoms with Crippen molar-refractivity contribution in [2.75, 3.05) is 18.4 Å². The van der Waals surface area contributed by atoms with Crippen molar-refractivity contribution in [3.05, 3.63) is 71.2 Å². The normalized spacial score (nSPS) is 11.0. The lowest BCUT2D eigenvalue weighted by molar-refractivity contribution is -0.117. The molecule has 0 aliphatic rings. The number of carbonyl (C=O) groups is 1. The first-order valence-corrected chi connectivity index (χ1v) is 9.41. The second kappa shape index (κ2) is 8.83. The number of anilines is 1. The first-order valence-electron chi connectivity index (χ1n) is 8.53. The second-order valence-electron chi connectivity index (χ2n) is 5.96. The van der Waals surface area contributed by atoms with Crippen molar-refractivity contribution < 1.29 is 13.6 Å². The SMILES string of the molecule is CCN(CC(=O)Nc1c(F)cccc1F)Cc1csc(-c2ccccc2)n1. The Labute approximate surface area is 160 Å². The zero-order chi connectivity index (χ0) is 19.2.